The van der Waals surface area contributed by atoms with Gasteiger partial charge in [-0.3, -0.25) is 4.90 Å². The van der Waals surface area contributed by atoms with E-state index in [9.17, 15) is 26.8 Å². The van der Waals surface area contributed by atoms with Crippen molar-refractivity contribution in [2.75, 3.05) is 77.7 Å². The summed E-state index contributed by atoms with van der Waals surface area (Å²) in [6.07, 6.45) is 3.45. The lowest BCUT2D eigenvalue weighted by atomic mass is 9.58. The molecule has 2 aromatic carbocycles. The van der Waals surface area contributed by atoms with E-state index in [2.05, 4.69) is 20.4 Å². The Labute approximate surface area is 299 Å². The molecule has 2 N–H and O–H groups in total. The van der Waals surface area contributed by atoms with E-state index in [4.69, 9.17) is 9.47 Å². The molecule has 4 fully saturated rings. The number of halogens is 2. The maximum absolute atomic E-state index is 14.9. The number of alkyl halides is 1. The number of piperidine rings is 1. The first-order valence-electron chi connectivity index (χ1n) is 18.0. The number of sulfone groups is 1. The third kappa shape index (κ3) is 8.28. The molecule has 3 saturated heterocycles. The highest BCUT2D eigenvalue weighted by molar-refractivity contribution is 7.90. The number of amides is 2. The van der Waals surface area contributed by atoms with Crippen molar-refractivity contribution in [1.82, 2.24) is 20.4 Å². The number of hydrogen-bond acceptors (Lipinski definition) is 9. The van der Waals surface area contributed by atoms with E-state index in [1.54, 1.807) is 18.2 Å². The summed E-state index contributed by atoms with van der Waals surface area (Å²) in [6.45, 7) is 5.64. The summed E-state index contributed by atoms with van der Waals surface area (Å²) in [7, 11) is -0.739. The number of carbonyl (C=O) groups excluding carboxylic acids is 2. The van der Waals surface area contributed by atoms with Crippen LogP contribution in [0.5, 0.6) is 0 Å². The summed E-state index contributed by atoms with van der Waals surface area (Å²) in [5.74, 6) is 0.136. The van der Waals surface area contributed by atoms with Crippen molar-refractivity contribution < 1.29 is 36.3 Å². The molecule has 6 rings (SSSR count). The molecule has 51 heavy (non-hydrogen) atoms. The fourth-order valence-corrected chi connectivity index (χ4v) is 10.1. The van der Waals surface area contributed by atoms with Crippen LogP contribution in [0, 0.1) is 23.6 Å². The Kier molecular flexibility index (Phi) is 11.4. The number of nitrogens with one attached hydrogen (secondary N) is 2. The number of nitrogens with zero attached hydrogens (tertiary/aromatic N) is 3. The van der Waals surface area contributed by atoms with E-state index >= 15 is 0 Å². The Hall–Kier alpha value is -3.49. The van der Waals surface area contributed by atoms with Crippen LogP contribution in [0.25, 0.3) is 0 Å². The van der Waals surface area contributed by atoms with Gasteiger partial charge in [0.15, 0.2) is 9.84 Å². The van der Waals surface area contributed by atoms with E-state index in [-0.39, 0.29) is 30.2 Å². The molecule has 14 heteroatoms. The molecule has 3 atom stereocenters. The number of carbonyl (C=O) groups is 2. The topological polar surface area (TPSA) is 121 Å². The number of methoxy groups -OCH3 is 2. The van der Waals surface area contributed by atoms with E-state index < -0.39 is 33.6 Å². The summed E-state index contributed by atoms with van der Waals surface area (Å²) in [5.41, 5.74) is 1.85. The highest BCUT2D eigenvalue weighted by Crippen LogP contribution is 2.50. The highest BCUT2D eigenvalue weighted by atomic mass is 32.2. The van der Waals surface area contributed by atoms with Gasteiger partial charge in [0.2, 0.25) is 0 Å². The van der Waals surface area contributed by atoms with E-state index in [0.29, 0.717) is 36.0 Å². The van der Waals surface area contributed by atoms with Crippen molar-refractivity contribution in [3.05, 3.63) is 59.4 Å². The highest BCUT2D eigenvalue weighted by Gasteiger charge is 2.52. The molecule has 0 unspecified atom stereocenters. The molecule has 2 amide bonds. The Bertz CT molecular complexity index is 1660. The van der Waals surface area contributed by atoms with Crippen molar-refractivity contribution in [1.29, 1.82) is 0 Å². The lowest BCUT2D eigenvalue weighted by molar-refractivity contribution is 0.0584. The van der Waals surface area contributed by atoms with Crippen molar-refractivity contribution in [2.24, 2.45) is 17.8 Å². The molecular weight excluding hydrogens is 680 g/mol. The number of rotatable bonds is 12. The van der Waals surface area contributed by atoms with Crippen molar-refractivity contribution in [2.45, 2.75) is 61.2 Å². The van der Waals surface area contributed by atoms with Crippen molar-refractivity contribution in [3.8, 4) is 0 Å². The summed E-state index contributed by atoms with van der Waals surface area (Å²) < 4.78 is 63.3. The van der Waals surface area contributed by atoms with Crippen LogP contribution in [0.1, 0.15) is 43.2 Å². The average molecular weight is 732 g/mol. The second-order valence-electron chi connectivity index (χ2n) is 14.9. The standard InChI is InChI=1S/C37H51F2N5O6S/c1-49-35(45)40-24-37(28-6-4-7-29(38)17-28,32-8-5-9-33(32)41-36(46)50-2)27-12-14-42(15-13-27)18-25-19-44(20-25)31-10-11-34(51(3,47)48)26(16-31)21-43-22-30(39)23-43/h4,6-7,10-11,16-17,25,27,30,32-33H,5,8-9,12-15,18-24H2,1-3H3,(H,40,45)(H,41,46)/t32-,33-,37-/m0/s1. The summed E-state index contributed by atoms with van der Waals surface area (Å²) >= 11 is 0. The minimum absolute atomic E-state index is 0.0641. The predicted octanol–water partition coefficient (Wildman–Crippen LogP) is 4.35. The van der Waals surface area contributed by atoms with Gasteiger partial charge in [0, 0.05) is 75.1 Å². The molecule has 280 valence electrons. The number of likely N-dealkylation sites (tertiary alicyclic amines) is 2. The number of hydrogen-bond donors (Lipinski definition) is 2. The minimum Gasteiger partial charge on any atom is -0.453 e. The molecule has 0 aromatic heterocycles. The zero-order valence-electron chi connectivity index (χ0n) is 29.8. The Morgan fingerprint density at radius 1 is 0.941 bits per heavy atom. The van der Waals surface area contributed by atoms with Gasteiger partial charge in [0.25, 0.3) is 0 Å². The normalized spacial score (nSPS) is 23.6. The predicted molar refractivity (Wildman–Crippen MR) is 190 cm³/mol. The molecular formula is C37H51F2N5O6S. The van der Waals surface area contributed by atoms with Gasteiger partial charge in [0.05, 0.1) is 19.1 Å². The van der Waals surface area contributed by atoms with Crippen LogP contribution in [-0.2, 0) is 31.3 Å². The largest absolute Gasteiger partial charge is 0.453 e. The number of alkyl carbamates (subject to hydrolysis) is 2. The lowest BCUT2D eigenvalue weighted by Crippen LogP contribution is -2.58. The molecule has 1 aliphatic carbocycles. The number of benzene rings is 2. The Morgan fingerprint density at radius 2 is 1.67 bits per heavy atom. The first kappa shape index (κ1) is 37.3. The average Bonchev–Trinajstić information content (AvgIpc) is 3.53. The third-order valence-electron chi connectivity index (χ3n) is 11.6. The zero-order chi connectivity index (χ0) is 36.3. The quantitative estimate of drug-likeness (QED) is 0.329. The Morgan fingerprint density at radius 3 is 2.31 bits per heavy atom. The van der Waals surface area contributed by atoms with Crippen LogP contribution in [0.3, 0.4) is 0 Å². The first-order chi connectivity index (χ1) is 24.4. The third-order valence-corrected chi connectivity index (χ3v) is 12.8. The van der Waals surface area contributed by atoms with Gasteiger partial charge in [-0.05, 0) is 92.1 Å². The summed E-state index contributed by atoms with van der Waals surface area (Å²) in [6, 6.07) is 12.0. The summed E-state index contributed by atoms with van der Waals surface area (Å²) in [4.78, 5) is 31.9. The summed E-state index contributed by atoms with van der Waals surface area (Å²) in [5, 5.41) is 6.02. The minimum atomic E-state index is -3.41. The molecule has 0 bridgehead atoms. The van der Waals surface area contributed by atoms with Gasteiger partial charge in [-0.25, -0.2) is 26.8 Å². The molecule has 0 radical (unpaired) electrons. The fourth-order valence-electron chi connectivity index (χ4n) is 9.17. The first-order valence-corrected chi connectivity index (χ1v) is 19.9. The monoisotopic (exact) mass is 731 g/mol. The number of ether oxygens (including phenoxy) is 2. The molecule has 4 aliphatic rings. The van der Waals surface area contributed by atoms with Gasteiger partial charge in [-0.15, -0.1) is 0 Å². The van der Waals surface area contributed by atoms with E-state index in [1.165, 1.54) is 26.5 Å². The van der Waals surface area contributed by atoms with Crippen LogP contribution in [0.4, 0.5) is 24.1 Å². The fraction of sp³-hybridized carbons (Fsp3) is 0.622. The van der Waals surface area contributed by atoms with Crippen LogP contribution in [0.15, 0.2) is 47.4 Å². The van der Waals surface area contributed by atoms with Crippen LogP contribution < -0.4 is 15.5 Å². The second-order valence-corrected chi connectivity index (χ2v) is 16.9. The van der Waals surface area contributed by atoms with Crippen LogP contribution in [-0.4, -0.2) is 115 Å². The second kappa shape index (κ2) is 15.6. The maximum atomic E-state index is 14.9. The van der Waals surface area contributed by atoms with E-state index in [0.717, 1.165) is 76.1 Å². The lowest BCUT2D eigenvalue weighted by Gasteiger charge is -2.51. The van der Waals surface area contributed by atoms with Crippen LogP contribution >= 0.6 is 0 Å². The van der Waals surface area contributed by atoms with Crippen molar-refractivity contribution >= 4 is 27.7 Å². The van der Waals surface area contributed by atoms with Gasteiger partial charge >= 0.3 is 12.2 Å². The van der Waals surface area contributed by atoms with Gasteiger partial charge in [-0.2, -0.15) is 0 Å². The molecule has 3 heterocycles. The van der Waals surface area contributed by atoms with Gasteiger partial charge in [0.1, 0.15) is 12.0 Å². The maximum Gasteiger partial charge on any atom is 0.407 e. The Balaban J connectivity index is 1.14. The van der Waals surface area contributed by atoms with Gasteiger partial charge in [-0.1, -0.05) is 18.6 Å². The molecule has 0 spiro atoms. The smallest absolute Gasteiger partial charge is 0.407 e. The SMILES string of the molecule is COC(=O)NC[C@@](c1cccc(F)c1)(C1CCN(CC2CN(c3ccc(S(C)(=O)=O)c(CN4CC(F)C4)c3)C2)CC1)[C@H]1CCC[C@@H]1NC(=O)OC. The molecule has 11 nitrogen and oxygen atoms in total. The molecule has 1 saturated carbocycles. The zero-order valence-corrected chi connectivity index (χ0v) is 30.6. The van der Waals surface area contributed by atoms with Crippen LogP contribution in [0.2, 0.25) is 0 Å². The van der Waals surface area contributed by atoms with E-state index in [1.807, 2.05) is 23.1 Å². The number of anilines is 1. The van der Waals surface area contributed by atoms with Crippen molar-refractivity contribution in [3.63, 3.8) is 0 Å². The molecule has 2 aromatic rings. The molecule has 3 aliphatic heterocycles. The van der Waals surface area contributed by atoms with Gasteiger partial charge < -0.3 is 29.9 Å².